The second-order valence-electron chi connectivity index (χ2n) is 4.94. The van der Waals surface area contributed by atoms with Crippen molar-refractivity contribution in [1.29, 1.82) is 0 Å². The second-order valence-corrected chi connectivity index (χ2v) is 4.94. The van der Waals surface area contributed by atoms with E-state index in [2.05, 4.69) is 27.2 Å². The van der Waals surface area contributed by atoms with Gasteiger partial charge in [0.2, 0.25) is 0 Å². The number of nitrogens with one attached hydrogen (secondary N) is 1. The van der Waals surface area contributed by atoms with Crippen molar-refractivity contribution < 1.29 is 9.84 Å². The maximum atomic E-state index is 9.51. The number of nitrogen functional groups attached to an aromatic ring is 1. The average Bonchev–Trinajstić information content (AvgIpc) is 2.49. The molecule has 0 spiro atoms. The Bertz CT molecular complexity index is 455. The van der Waals surface area contributed by atoms with Crippen LogP contribution in [0.25, 0.3) is 0 Å². The number of nitrogens with zero attached hydrogens (tertiary/aromatic N) is 3. The Balaban J connectivity index is 2.39. The van der Waals surface area contributed by atoms with Gasteiger partial charge in [-0.15, -0.1) is 0 Å². The van der Waals surface area contributed by atoms with Crippen LogP contribution in [-0.4, -0.2) is 47.5 Å². The largest absolute Gasteiger partial charge is 0.394 e. The molecule has 1 fully saturated rings. The molecular formula is C13H23N5O2. The molecule has 7 nitrogen and oxygen atoms in total. The van der Waals surface area contributed by atoms with E-state index in [1.807, 2.05) is 6.92 Å². The van der Waals surface area contributed by atoms with Gasteiger partial charge in [0.25, 0.3) is 0 Å². The molecule has 1 saturated heterocycles. The zero-order chi connectivity index (χ0) is 14.5. The number of hydrazine groups is 1. The van der Waals surface area contributed by atoms with Crippen molar-refractivity contribution in [3.8, 4) is 0 Å². The van der Waals surface area contributed by atoms with E-state index in [4.69, 9.17) is 10.6 Å². The molecule has 0 amide bonds. The molecule has 20 heavy (non-hydrogen) atoms. The first-order valence-corrected chi connectivity index (χ1v) is 7.00. The number of morpholine rings is 1. The first-order chi connectivity index (χ1) is 9.71. The predicted octanol–water partition coefficient (Wildman–Crippen LogP) is 0.221. The summed E-state index contributed by atoms with van der Waals surface area (Å²) in [5.74, 6) is 7.79. The summed E-state index contributed by atoms with van der Waals surface area (Å²) in [5, 5.41) is 9.51. The smallest absolute Gasteiger partial charge is 0.148 e. The van der Waals surface area contributed by atoms with Crippen LogP contribution in [0.3, 0.4) is 0 Å². The maximum Gasteiger partial charge on any atom is 0.148 e. The fraction of sp³-hybridized carbons (Fsp3) is 0.692. The molecule has 1 aliphatic heterocycles. The third kappa shape index (κ3) is 3.00. The summed E-state index contributed by atoms with van der Waals surface area (Å²) in [5.41, 5.74) is 3.53. The minimum Gasteiger partial charge on any atom is -0.394 e. The van der Waals surface area contributed by atoms with Crippen LogP contribution in [0.5, 0.6) is 0 Å². The normalized spacial score (nSPS) is 19.2. The lowest BCUT2D eigenvalue weighted by Gasteiger charge is -2.36. The van der Waals surface area contributed by atoms with Gasteiger partial charge in [0.15, 0.2) is 0 Å². The summed E-state index contributed by atoms with van der Waals surface area (Å²) in [7, 11) is 0. The molecule has 2 rings (SSSR count). The SMILES string of the molecule is CCCc1nc(NN)c(C)c(N2CCOCC2CO)n1. The monoisotopic (exact) mass is 281 g/mol. The summed E-state index contributed by atoms with van der Waals surface area (Å²) in [6.45, 7) is 5.91. The van der Waals surface area contributed by atoms with E-state index in [1.165, 1.54) is 0 Å². The summed E-state index contributed by atoms with van der Waals surface area (Å²) >= 11 is 0. The highest BCUT2D eigenvalue weighted by Crippen LogP contribution is 2.26. The molecule has 112 valence electrons. The van der Waals surface area contributed by atoms with E-state index in [0.29, 0.717) is 25.6 Å². The highest BCUT2D eigenvalue weighted by Gasteiger charge is 2.26. The molecule has 0 radical (unpaired) electrons. The van der Waals surface area contributed by atoms with Crippen molar-refractivity contribution in [2.24, 2.45) is 5.84 Å². The number of rotatable bonds is 5. The van der Waals surface area contributed by atoms with E-state index in [0.717, 1.165) is 30.0 Å². The number of aromatic nitrogens is 2. The number of anilines is 2. The molecule has 1 unspecified atom stereocenters. The second kappa shape index (κ2) is 6.83. The summed E-state index contributed by atoms with van der Waals surface area (Å²) in [6, 6.07) is -0.0718. The predicted molar refractivity (Wildman–Crippen MR) is 77.6 cm³/mol. The van der Waals surface area contributed by atoms with E-state index in [-0.39, 0.29) is 12.6 Å². The number of ether oxygens (including phenoxy) is 1. The number of aliphatic hydroxyl groups is 1. The molecule has 2 heterocycles. The number of aryl methyl sites for hydroxylation is 1. The Morgan fingerprint density at radius 2 is 2.30 bits per heavy atom. The molecule has 1 aliphatic rings. The fourth-order valence-corrected chi connectivity index (χ4v) is 2.39. The average molecular weight is 281 g/mol. The zero-order valence-electron chi connectivity index (χ0n) is 12.1. The van der Waals surface area contributed by atoms with Gasteiger partial charge in [0.1, 0.15) is 17.5 Å². The number of hydrogen-bond donors (Lipinski definition) is 3. The first-order valence-electron chi connectivity index (χ1n) is 7.00. The third-order valence-corrected chi connectivity index (χ3v) is 3.49. The minimum absolute atomic E-state index is 0.0396. The quantitative estimate of drug-likeness (QED) is 0.525. The van der Waals surface area contributed by atoms with Crippen LogP contribution < -0.4 is 16.2 Å². The lowest BCUT2D eigenvalue weighted by Crippen LogP contribution is -2.48. The molecule has 1 atom stereocenters. The minimum atomic E-state index is -0.0718. The van der Waals surface area contributed by atoms with E-state index >= 15 is 0 Å². The van der Waals surface area contributed by atoms with Crippen molar-refractivity contribution in [3.63, 3.8) is 0 Å². The van der Waals surface area contributed by atoms with Crippen molar-refractivity contribution in [2.45, 2.75) is 32.7 Å². The van der Waals surface area contributed by atoms with Crippen LogP contribution >= 0.6 is 0 Å². The van der Waals surface area contributed by atoms with Crippen LogP contribution in [0, 0.1) is 6.92 Å². The van der Waals surface area contributed by atoms with Gasteiger partial charge in [-0.25, -0.2) is 15.8 Å². The molecule has 1 aromatic heterocycles. The lowest BCUT2D eigenvalue weighted by atomic mass is 10.2. The van der Waals surface area contributed by atoms with Gasteiger partial charge in [-0.1, -0.05) is 6.92 Å². The fourth-order valence-electron chi connectivity index (χ4n) is 2.39. The molecule has 0 saturated carbocycles. The van der Waals surface area contributed by atoms with Gasteiger partial charge in [-0.3, -0.25) is 0 Å². The van der Waals surface area contributed by atoms with E-state index < -0.39 is 0 Å². The van der Waals surface area contributed by atoms with Crippen molar-refractivity contribution in [3.05, 3.63) is 11.4 Å². The summed E-state index contributed by atoms with van der Waals surface area (Å²) < 4.78 is 5.41. The van der Waals surface area contributed by atoms with Crippen LogP contribution in [0.1, 0.15) is 24.7 Å². The van der Waals surface area contributed by atoms with Gasteiger partial charge in [0, 0.05) is 18.5 Å². The number of aliphatic hydroxyl groups excluding tert-OH is 1. The lowest BCUT2D eigenvalue weighted by molar-refractivity contribution is 0.0722. The standard InChI is InChI=1S/C13H23N5O2/c1-3-4-11-15-12(17-14)9(2)13(16-11)18-5-6-20-8-10(18)7-19/h10,19H,3-8,14H2,1-2H3,(H,15,16,17). The van der Waals surface area contributed by atoms with Crippen molar-refractivity contribution in [2.75, 3.05) is 36.7 Å². The Morgan fingerprint density at radius 1 is 1.50 bits per heavy atom. The van der Waals surface area contributed by atoms with Gasteiger partial charge in [0.05, 0.1) is 25.9 Å². The summed E-state index contributed by atoms with van der Waals surface area (Å²) in [4.78, 5) is 11.1. The van der Waals surface area contributed by atoms with Crippen molar-refractivity contribution in [1.82, 2.24) is 9.97 Å². The Labute approximate surface area is 119 Å². The molecular weight excluding hydrogens is 258 g/mol. The van der Waals surface area contributed by atoms with Gasteiger partial charge in [-0.2, -0.15) is 0 Å². The third-order valence-electron chi connectivity index (χ3n) is 3.49. The maximum absolute atomic E-state index is 9.51. The molecule has 7 heteroatoms. The van der Waals surface area contributed by atoms with Crippen LogP contribution in [0.2, 0.25) is 0 Å². The Hall–Kier alpha value is -1.44. The highest BCUT2D eigenvalue weighted by atomic mass is 16.5. The highest BCUT2D eigenvalue weighted by molar-refractivity contribution is 5.59. The molecule has 0 aromatic carbocycles. The van der Waals surface area contributed by atoms with Gasteiger partial charge >= 0.3 is 0 Å². The number of nitrogens with two attached hydrogens (primary N) is 1. The molecule has 4 N–H and O–H groups in total. The van der Waals surface area contributed by atoms with Gasteiger partial charge < -0.3 is 20.2 Å². The Morgan fingerprint density at radius 3 is 2.95 bits per heavy atom. The first kappa shape index (κ1) is 15.0. The molecule has 1 aromatic rings. The Kier molecular flexibility index (Phi) is 5.11. The van der Waals surface area contributed by atoms with Gasteiger partial charge in [-0.05, 0) is 13.3 Å². The van der Waals surface area contributed by atoms with Crippen LogP contribution in [0.15, 0.2) is 0 Å². The summed E-state index contributed by atoms with van der Waals surface area (Å²) in [6.07, 6.45) is 1.77. The van der Waals surface area contributed by atoms with Crippen molar-refractivity contribution >= 4 is 11.6 Å². The topological polar surface area (TPSA) is 96.5 Å². The van der Waals surface area contributed by atoms with E-state index in [9.17, 15) is 5.11 Å². The zero-order valence-corrected chi connectivity index (χ0v) is 12.1. The molecule has 0 bridgehead atoms. The number of hydrogen-bond acceptors (Lipinski definition) is 7. The molecule has 0 aliphatic carbocycles. The van der Waals surface area contributed by atoms with Crippen LogP contribution in [0.4, 0.5) is 11.6 Å². The van der Waals surface area contributed by atoms with Crippen LogP contribution in [-0.2, 0) is 11.2 Å². The van der Waals surface area contributed by atoms with E-state index in [1.54, 1.807) is 0 Å².